The Labute approximate surface area is 126 Å². The van der Waals surface area contributed by atoms with Crippen molar-refractivity contribution in [2.75, 3.05) is 7.11 Å². The summed E-state index contributed by atoms with van der Waals surface area (Å²) in [4.78, 5) is 23.1. The molecular formula is C16H15N2O4+. The van der Waals surface area contributed by atoms with Crippen molar-refractivity contribution in [1.29, 1.82) is 0 Å². The molecule has 1 aliphatic heterocycles. The summed E-state index contributed by atoms with van der Waals surface area (Å²) >= 11 is 0. The third-order valence-electron chi connectivity index (χ3n) is 3.83. The van der Waals surface area contributed by atoms with Crippen LogP contribution in [0.5, 0.6) is 5.75 Å². The average Bonchev–Trinajstić information content (AvgIpc) is 3.34. The van der Waals surface area contributed by atoms with Crippen LogP contribution in [0.2, 0.25) is 0 Å². The smallest absolute Gasteiger partial charge is 0.278 e. The van der Waals surface area contributed by atoms with Crippen LogP contribution in [0.1, 0.15) is 22.0 Å². The number of nitrogens with two attached hydrogens (primary N) is 1. The van der Waals surface area contributed by atoms with Crippen LogP contribution in [-0.2, 0) is 0 Å². The van der Waals surface area contributed by atoms with Crippen molar-refractivity contribution in [3.8, 4) is 5.75 Å². The second kappa shape index (κ2) is 5.57. The topological polar surface area (TPSA) is 86.0 Å². The maximum Gasteiger partial charge on any atom is 0.278 e. The summed E-state index contributed by atoms with van der Waals surface area (Å²) in [7, 11) is 1.57. The number of hydrogen-bond acceptors (Lipinski definition) is 4. The van der Waals surface area contributed by atoms with E-state index in [1.165, 1.54) is 6.07 Å². The minimum Gasteiger partial charge on any atom is -0.497 e. The number of nitro benzene ring substituents is 1. The summed E-state index contributed by atoms with van der Waals surface area (Å²) in [6, 6.07) is 13.0. The number of nitro groups is 1. The first-order valence-corrected chi connectivity index (χ1v) is 6.88. The van der Waals surface area contributed by atoms with Crippen molar-refractivity contribution >= 4 is 11.5 Å². The Morgan fingerprint density at radius 3 is 2.50 bits per heavy atom. The van der Waals surface area contributed by atoms with Gasteiger partial charge in [-0.2, -0.15) is 0 Å². The van der Waals surface area contributed by atoms with Crippen molar-refractivity contribution in [1.82, 2.24) is 0 Å². The zero-order chi connectivity index (χ0) is 15.7. The minimum atomic E-state index is -0.406. The highest BCUT2D eigenvalue weighted by Gasteiger charge is 2.52. The molecule has 22 heavy (non-hydrogen) atoms. The Morgan fingerprint density at radius 2 is 1.86 bits per heavy atom. The van der Waals surface area contributed by atoms with E-state index in [1.807, 2.05) is 5.32 Å². The molecule has 0 bridgehead atoms. The molecule has 0 aliphatic carbocycles. The van der Waals surface area contributed by atoms with Gasteiger partial charge < -0.3 is 10.1 Å². The molecule has 0 unspecified atom stereocenters. The van der Waals surface area contributed by atoms with Gasteiger partial charge >= 0.3 is 0 Å². The van der Waals surface area contributed by atoms with Gasteiger partial charge in [-0.25, -0.2) is 0 Å². The van der Waals surface area contributed by atoms with Crippen molar-refractivity contribution in [3.05, 3.63) is 69.8 Å². The first kappa shape index (κ1) is 14.2. The number of nitrogens with zero attached hydrogens (tertiary/aromatic N) is 1. The molecule has 0 radical (unpaired) electrons. The normalized spacial score (nSPS) is 19.5. The Balaban J connectivity index is 1.79. The Kier molecular flexibility index (Phi) is 3.60. The molecule has 1 fully saturated rings. The fourth-order valence-corrected chi connectivity index (χ4v) is 2.59. The van der Waals surface area contributed by atoms with Gasteiger partial charge in [0.25, 0.3) is 5.69 Å². The van der Waals surface area contributed by atoms with Crippen LogP contribution in [0.4, 0.5) is 5.69 Å². The second-order valence-corrected chi connectivity index (χ2v) is 5.15. The van der Waals surface area contributed by atoms with Crippen molar-refractivity contribution < 1.29 is 19.8 Å². The lowest BCUT2D eigenvalue weighted by Crippen LogP contribution is -2.62. The van der Waals surface area contributed by atoms with Gasteiger partial charge in [-0.3, -0.25) is 14.9 Å². The Morgan fingerprint density at radius 1 is 1.18 bits per heavy atom. The van der Waals surface area contributed by atoms with Crippen molar-refractivity contribution in [2.45, 2.75) is 12.1 Å². The predicted molar refractivity (Wildman–Crippen MR) is 78.9 cm³/mol. The molecule has 2 atom stereocenters. The highest BCUT2D eigenvalue weighted by molar-refractivity contribution is 6.00. The number of ether oxygens (including phenoxy) is 1. The molecule has 2 aromatic carbocycles. The van der Waals surface area contributed by atoms with E-state index in [0.29, 0.717) is 16.9 Å². The van der Waals surface area contributed by atoms with Gasteiger partial charge in [0.1, 0.15) is 5.75 Å². The molecule has 1 heterocycles. The van der Waals surface area contributed by atoms with Gasteiger partial charge in [-0.15, -0.1) is 0 Å². The largest absolute Gasteiger partial charge is 0.497 e. The van der Waals surface area contributed by atoms with E-state index >= 15 is 0 Å². The number of quaternary nitrogens is 1. The van der Waals surface area contributed by atoms with E-state index in [-0.39, 0.29) is 23.6 Å². The van der Waals surface area contributed by atoms with Crippen LogP contribution in [0.25, 0.3) is 0 Å². The molecule has 3 rings (SSSR count). The summed E-state index contributed by atoms with van der Waals surface area (Å²) in [5.74, 6) is 0.664. The van der Waals surface area contributed by atoms with Crippen LogP contribution in [-0.4, -0.2) is 23.9 Å². The second-order valence-electron chi connectivity index (χ2n) is 5.15. The van der Waals surface area contributed by atoms with E-state index in [0.717, 1.165) is 0 Å². The van der Waals surface area contributed by atoms with Gasteiger partial charge in [0.15, 0.2) is 6.04 Å². The number of carbonyl (C=O) groups excluding carboxylic acids is 1. The van der Waals surface area contributed by atoms with Gasteiger partial charge in [0, 0.05) is 11.6 Å². The van der Waals surface area contributed by atoms with Gasteiger partial charge in [-0.1, -0.05) is 12.1 Å². The molecule has 2 N–H and O–H groups in total. The average molecular weight is 299 g/mol. The number of benzene rings is 2. The Hall–Kier alpha value is -2.73. The predicted octanol–water partition coefficient (Wildman–Crippen LogP) is 1.47. The van der Waals surface area contributed by atoms with Gasteiger partial charge in [0.05, 0.1) is 17.6 Å². The highest BCUT2D eigenvalue weighted by Crippen LogP contribution is 2.30. The molecule has 0 amide bonds. The first-order valence-electron chi connectivity index (χ1n) is 6.88. The van der Waals surface area contributed by atoms with Crippen LogP contribution < -0.4 is 10.1 Å². The van der Waals surface area contributed by atoms with Crippen molar-refractivity contribution in [2.24, 2.45) is 0 Å². The zero-order valence-corrected chi connectivity index (χ0v) is 11.9. The SMILES string of the molecule is COc1ccc(C(=O)[C@H]2[NH2+][C@@H]2c2ccccc2[N+](=O)[O-])cc1. The maximum absolute atomic E-state index is 12.4. The number of ketones is 1. The molecule has 0 spiro atoms. The quantitative estimate of drug-likeness (QED) is 0.392. The van der Waals surface area contributed by atoms with E-state index in [2.05, 4.69) is 0 Å². The summed E-state index contributed by atoms with van der Waals surface area (Å²) in [5, 5.41) is 12.9. The highest BCUT2D eigenvalue weighted by atomic mass is 16.6. The van der Waals surface area contributed by atoms with E-state index in [4.69, 9.17) is 4.74 Å². The summed E-state index contributed by atoms with van der Waals surface area (Å²) in [6.45, 7) is 0. The third kappa shape index (κ3) is 2.56. The number of para-hydroxylation sites is 1. The number of hydrogen-bond donors (Lipinski definition) is 1. The molecule has 6 heteroatoms. The Bertz CT molecular complexity index is 727. The molecule has 112 valence electrons. The van der Waals surface area contributed by atoms with Gasteiger partial charge in [0.2, 0.25) is 11.8 Å². The summed E-state index contributed by atoms with van der Waals surface area (Å²) in [6.07, 6.45) is 0. The van der Waals surface area contributed by atoms with Crippen molar-refractivity contribution in [3.63, 3.8) is 0 Å². The molecule has 6 nitrogen and oxygen atoms in total. The zero-order valence-electron chi connectivity index (χ0n) is 11.9. The fraction of sp³-hybridized carbons (Fsp3) is 0.188. The van der Waals surface area contributed by atoms with Crippen LogP contribution >= 0.6 is 0 Å². The van der Waals surface area contributed by atoms with Crippen LogP contribution in [0.3, 0.4) is 0 Å². The standard InChI is InChI=1S/C16H14N2O4/c1-22-11-8-6-10(7-9-11)16(19)15-14(17-15)12-4-2-3-5-13(12)18(20)21/h2-9,14-15,17H,1H3/p+1/t14-,15+/m1/s1. The summed E-state index contributed by atoms with van der Waals surface area (Å²) in [5.41, 5.74) is 1.25. The lowest BCUT2D eigenvalue weighted by Gasteiger charge is -2.00. The maximum atomic E-state index is 12.4. The number of rotatable bonds is 5. The molecule has 1 saturated heterocycles. The number of methoxy groups -OCH3 is 1. The fourth-order valence-electron chi connectivity index (χ4n) is 2.59. The lowest BCUT2D eigenvalue weighted by molar-refractivity contribution is -0.512. The van der Waals surface area contributed by atoms with E-state index in [1.54, 1.807) is 49.6 Å². The van der Waals surface area contributed by atoms with E-state index < -0.39 is 4.92 Å². The molecular weight excluding hydrogens is 284 g/mol. The molecule has 1 aliphatic rings. The lowest BCUT2D eigenvalue weighted by atomic mass is 10.0. The monoisotopic (exact) mass is 299 g/mol. The van der Waals surface area contributed by atoms with E-state index in [9.17, 15) is 14.9 Å². The minimum absolute atomic E-state index is 0.0224. The number of Topliss-reactive ketones (excluding diaryl/α,β-unsaturated/α-hetero) is 1. The van der Waals surface area contributed by atoms with Crippen LogP contribution in [0.15, 0.2) is 48.5 Å². The first-order chi connectivity index (χ1) is 10.6. The molecule has 0 aromatic heterocycles. The number of carbonyl (C=O) groups is 1. The molecule has 0 saturated carbocycles. The summed E-state index contributed by atoms with van der Waals surface area (Å²) < 4.78 is 5.06. The third-order valence-corrected chi connectivity index (χ3v) is 3.83. The van der Waals surface area contributed by atoms with Gasteiger partial charge in [-0.05, 0) is 30.3 Å². The molecule has 2 aromatic rings. The van der Waals surface area contributed by atoms with Crippen LogP contribution in [0, 0.1) is 10.1 Å².